The van der Waals surface area contributed by atoms with Crippen LogP contribution in [0.5, 0.6) is 0 Å². The molecule has 1 aromatic carbocycles. The summed E-state index contributed by atoms with van der Waals surface area (Å²) < 4.78 is 46.5. The summed E-state index contributed by atoms with van der Waals surface area (Å²) in [5.41, 5.74) is 1.62. The van der Waals surface area contributed by atoms with E-state index in [9.17, 15) is 28.0 Å². The van der Waals surface area contributed by atoms with Gasteiger partial charge in [0, 0.05) is 52.0 Å². The van der Waals surface area contributed by atoms with E-state index in [2.05, 4.69) is 42.5 Å². The number of nitrogens with zero attached hydrogens (tertiary/aromatic N) is 9. The number of aromatic nitrogens is 7. The SMILES string of the molecule is Cn1c(=O)n(C2CCC(=O)NC2=O)c2cccc(C#CCOC3CCN(CC4CCC(n5cc(NC(=O)c6cnn7ccc(N8C[C@H]9C[C@@H]8CO9)nc67)c(C(F)F)n5)CC4)CC3)c21. The summed E-state index contributed by atoms with van der Waals surface area (Å²) >= 11 is 0. The number of carbonyl (C=O) groups is 3. The largest absolute Gasteiger partial charge is 0.374 e. The Morgan fingerprint density at radius 2 is 1.89 bits per heavy atom. The Bertz CT molecular complexity index is 2700. The number of imidazole rings is 1. The molecule has 3 atom stereocenters. The minimum absolute atomic E-state index is 0.0104. The molecule has 3 amide bonds. The number of para-hydroxylation sites is 1. The van der Waals surface area contributed by atoms with Crippen molar-refractivity contribution in [2.45, 2.75) is 94.5 Å². The first kappa shape index (κ1) is 41.1. The van der Waals surface area contributed by atoms with E-state index in [4.69, 9.17) is 14.5 Å². The molecule has 4 aliphatic heterocycles. The van der Waals surface area contributed by atoms with Crippen LogP contribution in [0.25, 0.3) is 16.7 Å². The van der Waals surface area contributed by atoms with Gasteiger partial charge in [-0.2, -0.15) is 10.2 Å². The number of imide groups is 1. The molecule has 4 aromatic heterocycles. The Labute approximate surface area is 360 Å². The number of hydrogen-bond donors (Lipinski definition) is 2. The molecule has 1 aliphatic carbocycles. The quantitative estimate of drug-likeness (QED) is 0.154. The number of carbonyl (C=O) groups excluding carboxylic acids is 3. The number of nitrogens with one attached hydrogen (secondary N) is 2. The maximum Gasteiger partial charge on any atom is 0.329 e. The van der Waals surface area contributed by atoms with E-state index in [-0.39, 0.29) is 66.6 Å². The Morgan fingerprint density at radius 3 is 2.63 bits per heavy atom. The molecule has 5 fully saturated rings. The number of ether oxygens (including phenoxy) is 2. The molecular formula is C44H49F2N11O6. The summed E-state index contributed by atoms with van der Waals surface area (Å²) in [5.74, 6) is 6.11. The minimum atomic E-state index is -2.86. The molecule has 63 heavy (non-hydrogen) atoms. The average Bonchev–Trinajstić information content (AvgIpc) is 4.13. The number of rotatable bonds is 10. The Balaban J connectivity index is 0.700. The van der Waals surface area contributed by atoms with Gasteiger partial charge in [0.15, 0.2) is 11.3 Å². The first-order valence-electron chi connectivity index (χ1n) is 21.9. The van der Waals surface area contributed by atoms with E-state index in [1.165, 1.54) is 26.0 Å². The number of aryl methyl sites for hydroxylation is 1. The van der Waals surface area contributed by atoms with E-state index in [0.717, 1.165) is 76.9 Å². The number of fused-ring (bicyclic) bond motifs is 4. The number of halogens is 2. The number of anilines is 2. The first-order valence-corrected chi connectivity index (χ1v) is 21.9. The van der Waals surface area contributed by atoms with Crippen molar-refractivity contribution in [2.24, 2.45) is 13.0 Å². The van der Waals surface area contributed by atoms with Crippen molar-refractivity contribution in [3.63, 3.8) is 0 Å². The van der Waals surface area contributed by atoms with Crippen LogP contribution in [0.15, 0.2) is 47.7 Å². The summed E-state index contributed by atoms with van der Waals surface area (Å²) in [6, 6.07) is 6.73. The molecular weight excluding hydrogens is 817 g/mol. The van der Waals surface area contributed by atoms with Gasteiger partial charge in [-0.15, -0.1) is 0 Å². The third kappa shape index (κ3) is 8.00. The van der Waals surface area contributed by atoms with Gasteiger partial charge in [-0.3, -0.25) is 33.5 Å². The van der Waals surface area contributed by atoms with Crippen LogP contribution in [-0.4, -0.2) is 114 Å². The Hall–Kier alpha value is -5.97. The van der Waals surface area contributed by atoms with Crippen LogP contribution in [0, 0.1) is 17.8 Å². The highest BCUT2D eigenvalue weighted by atomic mass is 19.3. The van der Waals surface area contributed by atoms with E-state index >= 15 is 0 Å². The molecule has 0 spiro atoms. The molecule has 330 valence electrons. The Morgan fingerprint density at radius 1 is 1.06 bits per heavy atom. The van der Waals surface area contributed by atoms with Crippen molar-refractivity contribution >= 4 is 45.9 Å². The molecule has 0 radical (unpaired) electrons. The van der Waals surface area contributed by atoms with Crippen molar-refractivity contribution in [1.82, 2.24) is 43.7 Å². The highest BCUT2D eigenvalue weighted by Crippen LogP contribution is 2.36. The maximum atomic E-state index is 14.3. The smallest absolute Gasteiger partial charge is 0.329 e. The zero-order valence-electron chi connectivity index (χ0n) is 34.9. The van der Waals surface area contributed by atoms with E-state index in [1.54, 1.807) is 24.0 Å². The standard InChI is InChI=1S/C44H49F2N11O6/c1-52-39-27(4-2-6-34(39)57(44(52)61)35-11-12-37(58)50-43(35)60)5-3-19-62-30-13-16-53(17-14-30)22-26-7-9-28(10-8-26)56-24-33(38(51-56)40(45)46)48-42(59)32-21-47-55-18-15-36(49-41(32)55)54-23-31-20-29(54)25-63-31/h2,4,6,15,18,21,24,26,28-31,35,40H,7-14,16-17,19-20,22-23,25H2,1H3,(H,48,59)(H,50,58,60)/t26?,28?,29-,31-,35?/m1/s1. The van der Waals surface area contributed by atoms with Crippen molar-refractivity contribution in [2.75, 3.05) is 49.6 Å². The lowest BCUT2D eigenvalue weighted by Crippen LogP contribution is -2.44. The molecule has 19 heteroatoms. The Kier molecular flexibility index (Phi) is 11.1. The number of morpholine rings is 1. The molecule has 1 unspecified atom stereocenters. The summed E-state index contributed by atoms with van der Waals surface area (Å²) in [6.45, 7) is 4.40. The maximum absolute atomic E-state index is 14.3. The first-order chi connectivity index (χ1) is 30.6. The number of likely N-dealkylation sites (tertiary alicyclic amines) is 1. The molecule has 5 aromatic rings. The van der Waals surface area contributed by atoms with Gasteiger partial charge in [-0.25, -0.2) is 23.1 Å². The minimum Gasteiger partial charge on any atom is -0.374 e. The van der Waals surface area contributed by atoms with Gasteiger partial charge >= 0.3 is 5.69 Å². The van der Waals surface area contributed by atoms with Crippen LogP contribution < -0.4 is 21.2 Å². The second-order valence-electron chi connectivity index (χ2n) is 17.4. The fourth-order valence-corrected chi connectivity index (χ4v) is 10.2. The highest BCUT2D eigenvalue weighted by molar-refractivity contribution is 6.08. The molecule has 10 rings (SSSR count). The van der Waals surface area contributed by atoms with E-state index in [0.29, 0.717) is 34.8 Å². The van der Waals surface area contributed by atoms with Crippen LogP contribution in [-0.2, 0) is 26.1 Å². The average molecular weight is 866 g/mol. The number of benzene rings is 1. The summed E-state index contributed by atoms with van der Waals surface area (Å²) in [5, 5.41) is 13.6. The van der Waals surface area contributed by atoms with Gasteiger partial charge in [0.1, 0.15) is 24.0 Å². The fraction of sp³-hybridized carbons (Fsp3) is 0.523. The van der Waals surface area contributed by atoms with Gasteiger partial charge in [-0.05, 0) is 75.5 Å². The topological polar surface area (TPSA) is 175 Å². The van der Waals surface area contributed by atoms with Crippen LogP contribution >= 0.6 is 0 Å². The normalized spacial score (nSPS) is 24.4. The second-order valence-corrected chi connectivity index (χ2v) is 17.4. The fourth-order valence-electron chi connectivity index (χ4n) is 10.2. The molecule has 2 N–H and O–H groups in total. The summed E-state index contributed by atoms with van der Waals surface area (Å²) in [7, 11) is 1.66. The van der Waals surface area contributed by atoms with Crippen LogP contribution in [0.4, 0.5) is 20.3 Å². The molecule has 8 heterocycles. The van der Waals surface area contributed by atoms with Gasteiger partial charge in [-0.1, -0.05) is 17.9 Å². The lowest BCUT2D eigenvalue weighted by molar-refractivity contribution is -0.135. The lowest BCUT2D eigenvalue weighted by atomic mass is 9.85. The van der Waals surface area contributed by atoms with Crippen molar-refractivity contribution in [3.05, 3.63) is 70.2 Å². The number of amides is 3. The zero-order chi connectivity index (χ0) is 43.4. The third-order valence-electron chi connectivity index (χ3n) is 13.5. The second kappa shape index (κ2) is 17.0. The number of piperidine rings is 2. The number of hydrogen-bond acceptors (Lipinski definition) is 11. The van der Waals surface area contributed by atoms with Crippen LogP contribution in [0.3, 0.4) is 0 Å². The summed E-state index contributed by atoms with van der Waals surface area (Å²) in [6.07, 6.45) is 8.73. The van der Waals surface area contributed by atoms with Gasteiger partial charge in [0.2, 0.25) is 11.8 Å². The van der Waals surface area contributed by atoms with E-state index < -0.39 is 30.0 Å². The summed E-state index contributed by atoms with van der Waals surface area (Å²) in [4.78, 5) is 60.5. The number of alkyl halides is 2. The van der Waals surface area contributed by atoms with Gasteiger partial charge in [0.05, 0.1) is 59.4 Å². The highest BCUT2D eigenvalue weighted by Gasteiger charge is 2.40. The zero-order valence-corrected chi connectivity index (χ0v) is 34.9. The van der Waals surface area contributed by atoms with Crippen molar-refractivity contribution in [3.8, 4) is 11.8 Å². The predicted octanol–water partition coefficient (Wildman–Crippen LogP) is 3.99. The molecule has 2 bridgehead atoms. The van der Waals surface area contributed by atoms with Crippen LogP contribution in [0.1, 0.15) is 97.9 Å². The lowest BCUT2D eigenvalue weighted by Gasteiger charge is -2.36. The van der Waals surface area contributed by atoms with Crippen LogP contribution in [0.2, 0.25) is 0 Å². The van der Waals surface area contributed by atoms with Gasteiger partial charge < -0.3 is 24.6 Å². The molecule has 1 saturated carbocycles. The van der Waals surface area contributed by atoms with Crippen molar-refractivity contribution in [1.29, 1.82) is 0 Å². The predicted molar refractivity (Wildman–Crippen MR) is 226 cm³/mol. The monoisotopic (exact) mass is 865 g/mol. The van der Waals surface area contributed by atoms with E-state index in [1.807, 2.05) is 18.2 Å². The van der Waals surface area contributed by atoms with Crippen molar-refractivity contribution < 1.29 is 32.6 Å². The third-order valence-corrected chi connectivity index (χ3v) is 13.5. The van der Waals surface area contributed by atoms with Gasteiger partial charge in [0.25, 0.3) is 12.3 Å². The molecule has 4 saturated heterocycles. The molecule has 17 nitrogen and oxygen atoms in total. The molecule has 5 aliphatic rings.